The average molecular weight is 429 g/mol. The number of aryl methyl sites for hydroxylation is 2. The first kappa shape index (κ1) is 17.7. The fourth-order valence-corrected chi connectivity index (χ4v) is 4.97. The molecule has 0 atom stereocenters. The number of amidine groups is 1. The summed E-state index contributed by atoms with van der Waals surface area (Å²) in [4.78, 5) is 6.93. The first-order valence-corrected chi connectivity index (χ1v) is 10.4. The van der Waals surface area contributed by atoms with E-state index in [-0.39, 0.29) is 0 Å². The molecule has 2 aliphatic heterocycles. The maximum absolute atomic E-state index is 5.55. The fraction of sp³-hybridized carbons (Fsp3) is 0.286. The third-order valence-electron chi connectivity index (χ3n) is 4.94. The highest BCUT2D eigenvalue weighted by Crippen LogP contribution is 2.37. The van der Waals surface area contributed by atoms with Crippen LogP contribution in [0.1, 0.15) is 22.3 Å². The van der Waals surface area contributed by atoms with Crippen LogP contribution in [0.4, 0.5) is 0 Å². The van der Waals surface area contributed by atoms with E-state index in [1.165, 1.54) is 28.0 Å². The molecule has 0 radical (unpaired) electrons. The second-order valence-electron chi connectivity index (χ2n) is 6.49. The molecule has 2 aromatic rings. The molecule has 5 heteroatoms. The number of benzene rings is 2. The zero-order valence-electron chi connectivity index (χ0n) is 15.0. The molecule has 0 fully saturated rings. The van der Waals surface area contributed by atoms with E-state index in [0.29, 0.717) is 0 Å². The smallest absolute Gasteiger partial charge is 0.168 e. The van der Waals surface area contributed by atoms with Crippen LogP contribution < -0.4 is 4.74 Å². The molecule has 2 heterocycles. The molecule has 26 heavy (non-hydrogen) atoms. The number of methoxy groups -OCH3 is 1. The van der Waals surface area contributed by atoms with Crippen molar-refractivity contribution < 1.29 is 4.74 Å². The predicted molar refractivity (Wildman–Crippen MR) is 114 cm³/mol. The molecule has 0 N–H and O–H groups in total. The minimum absolute atomic E-state index is 0.899. The van der Waals surface area contributed by atoms with Crippen molar-refractivity contribution in [2.75, 3.05) is 20.2 Å². The zero-order valence-corrected chi connectivity index (χ0v) is 17.4. The highest BCUT2D eigenvalue weighted by atomic mass is 79.9. The second kappa shape index (κ2) is 7.49. The number of rotatable bonds is 5. The Morgan fingerprint density at radius 1 is 1.23 bits per heavy atom. The van der Waals surface area contributed by atoms with Crippen LogP contribution in [0.5, 0.6) is 5.75 Å². The molecule has 2 aliphatic rings. The van der Waals surface area contributed by atoms with Gasteiger partial charge in [0.1, 0.15) is 5.75 Å². The number of ether oxygens (including phenoxy) is 1. The minimum Gasteiger partial charge on any atom is -0.496 e. The summed E-state index contributed by atoms with van der Waals surface area (Å²) in [6, 6.07) is 12.8. The van der Waals surface area contributed by atoms with Crippen LogP contribution in [0.15, 0.2) is 51.3 Å². The van der Waals surface area contributed by atoms with Gasteiger partial charge in [0.15, 0.2) is 5.17 Å². The van der Waals surface area contributed by atoms with Crippen LogP contribution in [0, 0.1) is 6.92 Å². The highest BCUT2D eigenvalue weighted by Gasteiger charge is 2.28. The Hall–Kier alpha value is -1.72. The molecule has 0 saturated carbocycles. The Kier molecular flexibility index (Phi) is 5.09. The third kappa shape index (κ3) is 3.30. The van der Waals surface area contributed by atoms with Crippen LogP contribution in [-0.4, -0.2) is 30.3 Å². The van der Waals surface area contributed by atoms with Gasteiger partial charge in [0, 0.05) is 22.0 Å². The van der Waals surface area contributed by atoms with E-state index < -0.39 is 0 Å². The van der Waals surface area contributed by atoms with Gasteiger partial charge in [0.25, 0.3) is 0 Å². The number of hydrogen-bond acceptors (Lipinski definition) is 4. The molecule has 0 unspecified atom stereocenters. The van der Waals surface area contributed by atoms with Crippen molar-refractivity contribution in [2.45, 2.75) is 19.8 Å². The normalized spacial score (nSPS) is 15.7. The van der Waals surface area contributed by atoms with E-state index >= 15 is 0 Å². The molecule has 134 valence electrons. The van der Waals surface area contributed by atoms with E-state index in [1.54, 1.807) is 18.9 Å². The standard InChI is InChI=1S/C21H21BrN2OS/c1-14-4-3-5-18(19-13-26-21-23-10-11-24(19)21)17(14)8-6-15-12-16(22)7-9-20(15)25-2/h3-5,7,9,12-13H,6,8,10-11H2,1-2H3. The lowest BCUT2D eigenvalue weighted by Crippen LogP contribution is -2.20. The molecule has 2 aromatic carbocycles. The quantitative estimate of drug-likeness (QED) is 0.648. The molecule has 0 aromatic heterocycles. The van der Waals surface area contributed by atoms with Crippen molar-refractivity contribution in [3.8, 4) is 5.75 Å². The van der Waals surface area contributed by atoms with Gasteiger partial charge in [-0.15, -0.1) is 0 Å². The molecule has 0 spiro atoms. The number of hydrogen-bond donors (Lipinski definition) is 0. The fourth-order valence-electron chi connectivity index (χ4n) is 3.61. The molecule has 0 aliphatic carbocycles. The van der Waals surface area contributed by atoms with Gasteiger partial charge in [0.05, 0.1) is 19.4 Å². The monoisotopic (exact) mass is 428 g/mol. The predicted octanol–water partition coefficient (Wildman–Crippen LogP) is 5.27. The first-order chi connectivity index (χ1) is 12.7. The highest BCUT2D eigenvalue weighted by molar-refractivity contribution is 9.10. The summed E-state index contributed by atoms with van der Waals surface area (Å²) in [6.07, 6.45) is 1.93. The second-order valence-corrected chi connectivity index (χ2v) is 8.25. The zero-order chi connectivity index (χ0) is 18.1. The van der Waals surface area contributed by atoms with Gasteiger partial charge in [-0.2, -0.15) is 0 Å². The van der Waals surface area contributed by atoms with Gasteiger partial charge >= 0.3 is 0 Å². The summed E-state index contributed by atoms with van der Waals surface area (Å²) in [5, 5.41) is 3.39. The number of thioether (sulfide) groups is 1. The van der Waals surface area contributed by atoms with Crippen molar-refractivity contribution in [2.24, 2.45) is 4.99 Å². The Morgan fingerprint density at radius 3 is 2.96 bits per heavy atom. The summed E-state index contributed by atoms with van der Waals surface area (Å²) in [5.74, 6) is 0.952. The molecule has 4 rings (SSSR count). The summed E-state index contributed by atoms with van der Waals surface area (Å²) in [7, 11) is 1.74. The minimum atomic E-state index is 0.899. The summed E-state index contributed by atoms with van der Waals surface area (Å²) in [5.41, 5.74) is 6.61. The Bertz CT molecular complexity index is 907. The number of fused-ring (bicyclic) bond motifs is 1. The lowest BCUT2D eigenvalue weighted by molar-refractivity contribution is 0.409. The Labute approximate surface area is 167 Å². The van der Waals surface area contributed by atoms with E-state index in [0.717, 1.165) is 41.3 Å². The lowest BCUT2D eigenvalue weighted by Gasteiger charge is -2.21. The largest absolute Gasteiger partial charge is 0.496 e. The van der Waals surface area contributed by atoms with Crippen LogP contribution in [0.25, 0.3) is 5.70 Å². The van der Waals surface area contributed by atoms with Crippen LogP contribution in [0.2, 0.25) is 0 Å². The van der Waals surface area contributed by atoms with Crippen molar-refractivity contribution in [3.05, 3.63) is 68.5 Å². The molecule has 0 bridgehead atoms. The van der Waals surface area contributed by atoms with Crippen LogP contribution >= 0.6 is 27.7 Å². The Balaban J connectivity index is 1.64. The van der Waals surface area contributed by atoms with Gasteiger partial charge in [-0.05, 0) is 54.7 Å². The molecular formula is C21H21BrN2OS. The number of halogens is 1. The number of nitrogens with zero attached hydrogens (tertiary/aromatic N) is 2. The van der Waals surface area contributed by atoms with Crippen molar-refractivity contribution in [3.63, 3.8) is 0 Å². The topological polar surface area (TPSA) is 24.8 Å². The summed E-state index contributed by atoms with van der Waals surface area (Å²) < 4.78 is 6.64. The van der Waals surface area contributed by atoms with E-state index in [4.69, 9.17) is 4.74 Å². The van der Waals surface area contributed by atoms with Crippen LogP contribution in [-0.2, 0) is 12.8 Å². The van der Waals surface area contributed by atoms with Gasteiger partial charge in [-0.25, -0.2) is 0 Å². The van der Waals surface area contributed by atoms with Crippen molar-refractivity contribution in [1.82, 2.24) is 4.90 Å². The van der Waals surface area contributed by atoms with E-state index in [1.807, 2.05) is 12.1 Å². The van der Waals surface area contributed by atoms with Crippen molar-refractivity contribution in [1.29, 1.82) is 0 Å². The molecule has 0 amide bonds. The summed E-state index contributed by atoms with van der Waals surface area (Å²) >= 11 is 5.32. The van der Waals surface area contributed by atoms with Gasteiger partial charge in [-0.1, -0.05) is 45.9 Å². The van der Waals surface area contributed by atoms with Gasteiger partial charge < -0.3 is 9.64 Å². The average Bonchev–Trinajstić information content (AvgIpc) is 3.24. The van der Waals surface area contributed by atoms with E-state index in [2.05, 4.69) is 62.4 Å². The van der Waals surface area contributed by atoms with Gasteiger partial charge in [0.2, 0.25) is 0 Å². The maximum atomic E-state index is 5.55. The van der Waals surface area contributed by atoms with Gasteiger partial charge in [-0.3, -0.25) is 4.99 Å². The summed E-state index contributed by atoms with van der Waals surface area (Å²) in [6.45, 7) is 4.09. The third-order valence-corrected chi connectivity index (χ3v) is 6.34. The first-order valence-electron chi connectivity index (χ1n) is 8.77. The number of aliphatic imine (C=N–C) groups is 1. The Morgan fingerprint density at radius 2 is 2.12 bits per heavy atom. The van der Waals surface area contributed by atoms with Crippen LogP contribution in [0.3, 0.4) is 0 Å². The SMILES string of the molecule is COc1ccc(Br)cc1CCc1c(C)cccc1C1=CSC2=NCCN12. The lowest BCUT2D eigenvalue weighted by atomic mass is 9.93. The van der Waals surface area contributed by atoms with Crippen molar-refractivity contribution >= 4 is 38.6 Å². The molecule has 3 nitrogen and oxygen atoms in total. The molecular weight excluding hydrogens is 408 g/mol. The van der Waals surface area contributed by atoms with E-state index in [9.17, 15) is 0 Å². The maximum Gasteiger partial charge on any atom is 0.168 e. The molecule has 0 saturated heterocycles.